The van der Waals surface area contributed by atoms with Crippen LogP contribution < -0.4 is 10.9 Å². The molecule has 3 aromatic rings. The standard InChI is InChI=1S/C10H8FN3O.C6H5Cl/c11-5-3-6-9-7(13-14-10(6)15)1-2-12-8(9)4-5;7-6-4-2-1-3-5-6/h3-4,12H,1-2H2,(H,14,15);1-5H. The lowest BCUT2D eigenvalue weighted by molar-refractivity contribution is 0.629. The van der Waals surface area contributed by atoms with E-state index in [1.165, 1.54) is 12.1 Å². The minimum absolute atomic E-state index is 0.349. The average molecular weight is 318 g/mol. The number of aromatic amines is 1. The molecule has 1 aliphatic rings. The third kappa shape index (κ3) is 2.94. The number of H-pyrrole nitrogens is 1. The van der Waals surface area contributed by atoms with Crippen LogP contribution >= 0.6 is 11.6 Å². The van der Waals surface area contributed by atoms with Gasteiger partial charge in [-0.1, -0.05) is 29.8 Å². The van der Waals surface area contributed by atoms with Crippen molar-refractivity contribution in [3.05, 3.63) is 69.4 Å². The number of nitrogens with zero attached hydrogens (tertiary/aromatic N) is 1. The zero-order valence-electron chi connectivity index (χ0n) is 11.6. The molecular weight excluding hydrogens is 305 g/mol. The normalized spacial score (nSPS) is 12.3. The lowest BCUT2D eigenvalue weighted by Crippen LogP contribution is -2.19. The molecule has 0 unspecified atom stereocenters. The summed E-state index contributed by atoms with van der Waals surface area (Å²) < 4.78 is 13.2. The van der Waals surface area contributed by atoms with Crippen molar-refractivity contribution in [2.75, 3.05) is 11.9 Å². The van der Waals surface area contributed by atoms with Gasteiger partial charge in [-0.25, -0.2) is 9.49 Å². The highest BCUT2D eigenvalue weighted by atomic mass is 35.5. The van der Waals surface area contributed by atoms with Crippen molar-refractivity contribution in [2.45, 2.75) is 6.42 Å². The molecule has 2 heterocycles. The molecule has 0 aliphatic carbocycles. The first kappa shape index (κ1) is 14.5. The number of hydrogen-bond acceptors (Lipinski definition) is 3. The number of hydrogen-bond donors (Lipinski definition) is 2. The lowest BCUT2D eigenvalue weighted by Gasteiger charge is -2.17. The molecule has 4 rings (SSSR count). The van der Waals surface area contributed by atoms with Crippen LogP contribution in [0.5, 0.6) is 0 Å². The first-order valence-corrected chi connectivity index (χ1v) is 7.18. The molecule has 4 nitrogen and oxygen atoms in total. The molecule has 0 spiro atoms. The van der Waals surface area contributed by atoms with Gasteiger partial charge in [-0.2, -0.15) is 5.10 Å². The summed E-state index contributed by atoms with van der Waals surface area (Å²) in [6, 6.07) is 12.1. The second-order valence-electron chi connectivity index (χ2n) is 4.85. The van der Waals surface area contributed by atoms with Gasteiger partial charge in [0.1, 0.15) is 5.82 Å². The summed E-state index contributed by atoms with van der Waals surface area (Å²) in [6.07, 6.45) is 0.742. The summed E-state index contributed by atoms with van der Waals surface area (Å²) in [6.45, 7) is 0.713. The third-order valence-corrected chi connectivity index (χ3v) is 3.59. The molecule has 2 N–H and O–H groups in total. The molecule has 1 aliphatic heterocycles. The van der Waals surface area contributed by atoms with Crippen molar-refractivity contribution in [3.63, 3.8) is 0 Å². The number of nitrogens with one attached hydrogen (secondary N) is 2. The van der Waals surface area contributed by atoms with Gasteiger partial charge in [0.05, 0.1) is 11.1 Å². The van der Waals surface area contributed by atoms with Crippen LogP contribution in [0.4, 0.5) is 10.1 Å². The van der Waals surface area contributed by atoms with Gasteiger partial charge in [0.25, 0.3) is 5.56 Å². The molecule has 0 saturated heterocycles. The Morgan fingerprint density at radius 1 is 1.18 bits per heavy atom. The number of anilines is 1. The quantitative estimate of drug-likeness (QED) is 0.668. The smallest absolute Gasteiger partial charge is 0.272 e. The van der Waals surface area contributed by atoms with Gasteiger partial charge >= 0.3 is 0 Å². The number of benzene rings is 2. The number of halogens is 2. The van der Waals surface area contributed by atoms with Crippen LogP contribution in [0.25, 0.3) is 10.8 Å². The van der Waals surface area contributed by atoms with Crippen LogP contribution in [0.15, 0.2) is 47.3 Å². The maximum Gasteiger partial charge on any atom is 0.272 e. The van der Waals surface area contributed by atoms with Crippen LogP contribution in [-0.2, 0) is 6.42 Å². The van der Waals surface area contributed by atoms with E-state index in [9.17, 15) is 9.18 Å². The van der Waals surface area contributed by atoms with E-state index in [-0.39, 0.29) is 5.56 Å². The van der Waals surface area contributed by atoms with E-state index < -0.39 is 5.82 Å². The largest absolute Gasteiger partial charge is 0.384 e. The fourth-order valence-corrected chi connectivity index (χ4v) is 2.53. The van der Waals surface area contributed by atoms with Crippen molar-refractivity contribution in [1.29, 1.82) is 0 Å². The van der Waals surface area contributed by atoms with Crippen molar-refractivity contribution in [2.24, 2.45) is 0 Å². The topological polar surface area (TPSA) is 57.8 Å². The highest BCUT2D eigenvalue weighted by molar-refractivity contribution is 6.30. The summed E-state index contributed by atoms with van der Waals surface area (Å²) in [5.41, 5.74) is 1.13. The summed E-state index contributed by atoms with van der Waals surface area (Å²) in [4.78, 5) is 11.5. The Bertz CT molecular complexity index is 864. The Morgan fingerprint density at radius 2 is 1.95 bits per heavy atom. The van der Waals surface area contributed by atoms with Gasteiger partial charge in [-0.15, -0.1) is 0 Å². The summed E-state index contributed by atoms with van der Waals surface area (Å²) in [5.74, 6) is -0.408. The first-order chi connectivity index (χ1) is 10.6. The van der Waals surface area contributed by atoms with Crippen LogP contribution in [-0.4, -0.2) is 16.7 Å². The molecule has 112 valence electrons. The molecule has 0 fully saturated rings. The number of aromatic nitrogens is 2. The lowest BCUT2D eigenvalue weighted by atomic mass is 10.0. The van der Waals surface area contributed by atoms with Crippen LogP contribution in [0.1, 0.15) is 5.69 Å². The third-order valence-electron chi connectivity index (χ3n) is 3.34. The van der Waals surface area contributed by atoms with E-state index in [4.69, 9.17) is 11.6 Å². The van der Waals surface area contributed by atoms with Crippen molar-refractivity contribution in [3.8, 4) is 0 Å². The zero-order valence-corrected chi connectivity index (χ0v) is 12.3. The summed E-state index contributed by atoms with van der Waals surface area (Å²) in [7, 11) is 0. The molecule has 0 saturated carbocycles. The Kier molecular flexibility index (Phi) is 4.06. The maximum atomic E-state index is 13.2. The van der Waals surface area contributed by atoms with E-state index in [0.29, 0.717) is 17.6 Å². The van der Waals surface area contributed by atoms with Gasteiger partial charge in [0, 0.05) is 29.1 Å². The highest BCUT2D eigenvalue weighted by Crippen LogP contribution is 2.27. The minimum Gasteiger partial charge on any atom is -0.384 e. The number of rotatable bonds is 0. The molecule has 22 heavy (non-hydrogen) atoms. The molecule has 0 amide bonds. The van der Waals surface area contributed by atoms with E-state index in [0.717, 1.165) is 22.5 Å². The maximum absolute atomic E-state index is 13.2. The molecule has 0 radical (unpaired) electrons. The van der Waals surface area contributed by atoms with E-state index >= 15 is 0 Å². The van der Waals surface area contributed by atoms with Gasteiger partial charge in [-0.3, -0.25) is 4.79 Å². The van der Waals surface area contributed by atoms with Crippen LogP contribution in [0, 0.1) is 5.82 Å². The second-order valence-corrected chi connectivity index (χ2v) is 5.28. The minimum atomic E-state index is -0.408. The van der Waals surface area contributed by atoms with Crippen molar-refractivity contribution < 1.29 is 4.39 Å². The first-order valence-electron chi connectivity index (χ1n) is 6.80. The van der Waals surface area contributed by atoms with Gasteiger partial charge < -0.3 is 5.32 Å². The predicted molar refractivity (Wildman–Crippen MR) is 86.0 cm³/mol. The van der Waals surface area contributed by atoms with E-state index in [2.05, 4.69) is 15.5 Å². The van der Waals surface area contributed by atoms with Crippen molar-refractivity contribution >= 4 is 28.1 Å². The zero-order chi connectivity index (χ0) is 15.5. The van der Waals surface area contributed by atoms with Gasteiger partial charge in [0.2, 0.25) is 0 Å². The van der Waals surface area contributed by atoms with Crippen LogP contribution in [0.3, 0.4) is 0 Å². The Hall–Kier alpha value is -2.40. The van der Waals surface area contributed by atoms with Crippen LogP contribution in [0.2, 0.25) is 5.02 Å². The molecule has 6 heteroatoms. The van der Waals surface area contributed by atoms with E-state index in [1.54, 1.807) is 0 Å². The average Bonchev–Trinajstić information content (AvgIpc) is 2.52. The molecule has 2 aromatic carbocycles. The van der Waals surface area contributed by atoms with Gasteiger partial charge in [-0.05, 0) is 24.3 Å². The Labute approximate surface area is 130 Å². The SMILES string of the molecule is Clc1ccccc1.O=c1[nH]nc2c3c(cc(F)cc13)NCC2. The fourth-order valence-electron chi connectivity index (χ4n) is 2.38. The molecule has 1 aromatic heterocycles. The summed E-state index contributed by atoms with van der Waals surface area (Å²) in [5, 5.41) is 11.3. The van der Waals surface area contributed by atoms with Gasteiger partial charge in [0.15, 0.2) is 0 Å². The van der Waals surface area contributed by atoms with E-state index in [1.807, 2.05) is 30.3 Å². The predicted octanol–water partition coefficient (Wildman–Crippen LogP) is 3.37. The molecule has 0 atom stereocenters. The molecular formula is C16H13ClFN3O. The monoisotopic (exact) mass is 317 g/mol. The van der Waals surface area contributed by atoms with Crippen molar-refractivity contribution in [1.82, 2.24) is 10.2 Å². The fraction of sp³-hybridized carbons (Fsp3) is 0.125. The Balaban J connectivity index is 0.000000174. The summed E-state index contributed by atoms with van der Waals surface area (Å²) >= 11 is 5.54. The second kappa shape index (κ2) is 6.15. The molecule has 0 bridgehead atoms. The Morgan fingerprint density at radius 3 is 2.64 bits per heavy atom. The highest BCUT2D eigenvalue weighted by Gasteiger charge is 2.16.